The van der Waals surface area contributed by atoms with Crippen LogP contribution in [-0.4, -0.2) is 69.3 Å². The number of rotatable bonds is 6. The Kier molecular flexibility index (Phi) is 5.79. The fraction of sp³-hybridized carbons (Fsp3) is 0.576. The molecule has 2 aliphatic heterocycles. The Morgan fingerprint density at radius 1 is 1.20 bits per heavy atom. The molecule has 0 aromatic heterocycles. The van der Waals surface area contributed by atoms with Gasteiger partial charge in [0, 0.05) is 31.6 Å². The van der Waals surface area contributed by atoms with Crippen molar-refractivity contribution in [2.45, 2.75) is 100 Å². The van der Waals surface area contributed by atoms with E-state index < -0.39 is 17.1 Å². The molecule has 40 heavy (non-hydrogen) atoms. The SMILES string of the molecule is Cc1ccc(CCC(=O)N(C)C2CC[C@@]3(O)[C@H]4Cc5ccc(O)c6c5[C@@]3(CC(C#N)N4CC3CC3)C2O6)cc1C. The number of likely N-dealkylation sites (tertiary alicyclic amines) is 1. The van der Waals surface area contributed by atoms with Gasteiger partial charge in [-0.15, -0.1) is 0 Å². The van der Waals surface area contributed by atoms with E-state index in [9.17, 15) is 20.3 Å². The standard InChI is InChI=1S/C33H39N3O4/c1-19-4-5-21(14-20(19)2)8-11-28(38)35(3)25-12-13-33(39)27-15-23-9-10-26(37)30-29(23)32(33,31(25)40-30)16-24(17-34)36(27)18-22-6-7-22/h4-5,9-10,14,22,24-25,27,31,37,39H,6-8,11-13,15-16,18H2,1-3H3/t24?,25?,27-,31?,32+,33-/m1/s1. The van der Waals surface area contributed by atoms with E-state index in [4.69, 9.17) is 4.74 Å². The van der Waals surface area contributed by atoms with Gasteiger partial charge in [-0.2, -0.15) is 5.26 Å². The van der Waals surface area contributed by atoms with Crippen molar-refractivity contribution in [3.8, 4) is 17.6 Å². The molecule has 1 amide bonds. The van der Waals surface area contributed by atoms with Gasteiger partial charge >= 0.3 is 0 Å². The number of aliphatic hydroxyl groups is 1. The van der Waals surface area contributed by atoms with E-state index in [0.717, 1.165) is 23.2 Å². The van der Waals surface area contributed by atoms with E-state index in [0.29, 0.717) is 50.2 Å². The highest BCUT2D eigenvalue weighted by molar-refractivity contribution is 5.77. The van der Waals surface area contributed by atoms with Crippen LogP contribution in [-0.2, 0) is 23.1 Å². The lowest BCUT2D eigenvalue weighted by molar-refractivity contribution is -0.207. The predicted octanol–water partition coefficient (Wildman–Crippen LogP) is 3.93. The van der Waals surface area contributed by atoms with E-state index in [1.807, 2.05) is 18.0 Å². The number of nitrogens with zero attached hydrogens (tertiary/aromatic N) is 3. The summed E-state index contributed by atoms with van der Waals surface area (Å²) in [6.45, 7) is 5.02. The first-order chi connectivity index (χ1) is 19.2. The maximum atomic E-state index is 13.6. The van der Waals surface area contributed by atoms with Gasteiger partial charge in [0.25, 0.3) is 0 Å². The second-order valence-electron chi connectivity index (χ2n) is 13.1. The van der Waals surface area contributed by atoms with Crippen molar-refractivity contribution < 1.29 is 19.7 Å². The van der Waals surface area contributed by atoms with Gasteiger partial charge in [0.1, 0.15) is 6.10 Å². The minimum atomic E-state index is -1.09. The number of amides is 1. The van der Waals surface area contributed by atoms with Gasteiger partial charge in [0.05, 0.1) is 29.2 Å². The van der Waals surface area contributed by atoms with E-state index >= 15 is 0 Å². The van der Waals surface area contributed by atoms with Gasteiger partial charge in [0.2, 0.25) is 5.91 Å². The van der Waals surface area contributed by atoms with E-state index in [2.05, 4.69) is 43.0 Å². The van der Waals surface area contributed by atoms with Crippen molar-refractivity contribution in [2.24, 2.45) is 5.92 Å². The van der Waals surface area contributed by atoms with Crippen LogP contribution in [0, 0.1) is 31.1 Å². The summed E-state index contributed by atoms with van der Waals surface area (Å²) in [6, 6.07) is 11.8. The smallest absolute Gasteiger partial charge is 0.223 e. The normalized spacial score (nSPS) is 33.6. The number of phenols is 1. The molecule has 3 aliphatic carbocycles. The summed E-state index contributed by atoms with van der Waals surface area (Å²) in [6.07, 6.45) is 5.12. The van der Waals surface area contributed by atoms with Crippen LogP contribution < -0.4 is 4.74 Å². The number of phenolic OH excluding ortho intramolecular Hbond substituents is 1. The fourth-order valence-electron chi connectivity index (χ4n) is 8.58. The average molecular weight is 542 g/mol. The second kappa shape index (κ2) is 8.96. The van der Waals surface area contributed by atoms with Crippen molar-refractivity contribution in [2.75, 3.05) is 13.6 Å². The van der Waals surface area contributed by atoms with Crippen molar-refractivity contribution in [3.05, 3.63) is 58.1 Å². The molecule has 6 atom stereocenters. The highest BCUT2D eigenvalue weighted by Crippen LogP contribution is 2.66. The largest absolute Gasteiger partial charge is 0.504 e. The number of hydrogen-bond donors (Lipinski definition) is 2. The maximum Gasteiger partial charge on any atom is 0.223 e. The molecule has 210 valence electrons. The molecule has 1 saturated heterocycles. The molecule has 2 N–H and O–H groups in total. The highest BCUT2D eigenvalue weighted by atomic mass is 16.5. The summed E-state index contributed by atoms with van der Waals surface area (Å²) in [4.78, 5) is 17.7. The number of piperidine rings is 1. The Labute approximate surface area is 236 Å². The van der Waals surface area contributed by atoms with Crippen LogP contribution in [0.2, 0.25) is 0 Å². The topological polar surface area (TPSA) is 97.0 Å². The molecule has 5 aliphatic rings. The first-order valence-corrected chi connectivity index (χ1v) is 14.9. The molecule has 2 bridgehead atoms. The molecule has 7 nitrogen and oxygen atoms in total. The number of hydrogen-bond acceptors (Lipinski definition) is 6. The highest BCUT2D eigenvalue weighted by Gasteiger charge is 2.75. The molecule has 2 heterocycles. The van der Waals surface area contributed by atoms with Crippen LogP contribution in [0.3, 0.4) is 0 Å². The number of carbonyl (C=O) groups excluding carboxylic acids is 1. The number of nitriles is 1. The van der Waals surface area contributed by atoms with Crippen LogP contribution in [0.15, 0.2) is 30.3 Å². The monoisotopic (exact) mass is 541 g/mol. The molecule has 2 aromatic carbocycles. The fourth-order valence-corrected chi connectivity index (χ4v) is 8.58. The third kappa shape index (κ3) is 3.51. The molecule has 2 aromatic rings. The van der Waals surface area contributed by atoms with Gasteiger partial charge < -0.3 is 19.8 Å². The molecule has 2 saturated carbocycles. The quantitative estimate of drug-likeness (QED) is 0.576. The molecule has 3 unspecified atom stereocenters. The lowest BCUT2D eigenvalue weighted by Crippen LogP contribution is -2.79. The number of aryl methyl sites for hydroxylation is 3. The Bertz CT molecular complexity index is 1430. The van der Waals surface area contributed by atoms with Crippen LogP contribution in [0.25, 0.3) is 0 Å². The average Bonchev–Trinajstić information content (AvgIpc) is 3.69. The van der Waals surface area contributed by atoms with Crippen LogP contribution >= 0.6 is 0 Å². The van der Waals surface area contributed by atoms with Gasteiger partial charge in [0.15, 0.2) is 11.5 Å². The first-order valence-electron chi connectivity index (χ1n) is 14.9. The van der Waals surface area contributed by atoms with E-state index in [1.54, 1.807) is 6.07 Å². The number of aromatic hydroxyl groups is 1. The van der Waals surface area contributed by atoms with Crippen molar-refractivity contribution >= 4 is 5.91 Å². The number of likely N-dealkylation sites (N-methyl/N-ethyl adjacent to an activating group) is 1. The summed E-state index contributed by atoms with van der Waals surface area (Å²) in [7, 11) is 1.85. The van der Waals surface area contributed by atoms with Gasteiger partial charge in [-0.3, -0.25) is 9.69 Å². The van der Waals surface area contributed by atoms with Gasteiger partial charge in [-0.25, -0.2) is 0 Å². The van der Waals surface area contributed by atoms with E-state index in [1.165, 1.54) is 24.0 Å². The molecule has 3 fully saturated rings. The Morgan fingerprint density at radius 2 is 2.00 bits per heavy atom. The molecule has 7 heteroatoms. The molecular formula is C33H39N3O4. The van der Waals surface area contributed by atoms with Crippen LogP contribution in [0.5, 0.6) is 11.5 Å². The summed E-state index contributed by atoms with van der Waals surface area (Å²) in [5.41, 5.74) is 3.65. The first kappa shape index (κ1) is 25.9. The summed E-state index contributed by atoms with van der Waals surface area (Å²) < 4.78 is 6.64. The summed E-state index contributed by atoms with van der Waals surface area (Å²) in [5.74, 6) is 1.15. The minimum absolute atomic E-state index is 0.0458. The molecule has 7 rings (SSSR count). The van der Waals surface area contributed by atoms with Crippen molar-refractivity contribution in [1.29, 1.82) is 5.26 Å². The lowest BCUT2D eigenvalue weighted by atomic mass is 9.47. The molecule has 0 radical (unpaired) electrons. The number of ether oxygens (including phenoxy) is 1. The minimum Gasteiger partial charge on any atom is -0.504 e. The van der Waals surface area contributed by atoms with Crippen LogP contribution in [0.4, 0.5) is 0 Å². The lowest BCUT2D eigenvalue weighted by Gasteiger charge is -2.65. The Balaban J connectivity index is 1.24. The predicted molar refractivity (Wildman–Crippen MR) is 150 cm³/mol. The number of benzene rings is 2. The number of carbonyl (C=O) groups is 1. The maximum absolute atomic E-state index is 13.6. The zero-order valence-electron chi connectivity index (χ0n) is 23.7. The molecule has 1 spiro atoms. The Morgan fingerprint density at radius 3 is 2.73 bits per heavy atom. The third-order valence-electron chi connectivity index (χ3n) is 11.0. The van der Waals surface area contributed by atoms with Crippen molar-refractivity contribution in [1.82, 2.24) is 9.80 Å². The van der Waals surface area contributed by atoms with Gasteiger partial charge in [-0.1, -0.05) is 24.3 Å². The summed E-state index contributed by atoms with van der Waals surface area (Å²) in [5, 5.41) is 34.0. The second-order valence-corrected chi connectivity index (χ2v) is 13.1. The van der Waals surface area contributed by atoms with E-state index in [-0.39, 0.29) is 29.8 Å². The third-order valence-corrected chi connectivity index (χ3v) is 11.0. The van der Waals surface area contributed by atoms with Crippen molar-refractivity contribution in [3.63, 3.8) is 0 Å². The molecular weight excluding hydrogens is 502 g/mol. The van der Waals surface area contributed by atoms with Gasteiger partial charge in [-0.05, 0) is 93.0 Å². The zero-order chi connectivity index (χ0) is 28.0. The zero-order valence-corrected chi connectivity index (χ0v) is 23.7. The summed E-state index contributed by atoms with van der Waals surface area (Å²) >= 11 is 0. The Hall–Kier alpha value is -3.08. The van der Waals surface area contributed by atoms with Crippen LogP contribution in [0.1, 0.15) is 66.3 Å².